The normalized spacial score (nSPS) is 28.4. The van der Waals surface area contributed by atoms with Crippen LogP contribution in [-0.2, 0) is 4.79 Å². The lowest BCUT2D eigenvalue weighted by atomic mass is 9.82. The summed E-state index contributed by atoms with van der Waals surface area (Å²) in [6.07, 6.45) is 4.10. The van der Waals surface area contributed by atoms with Crippen molar-refractivity contribution in [2.75, 3.05) is 26.7 Å². The van der Waals surface area contributed by atoms with E-state index in [0.29, 0.717) is 17.4 Å². The molecule has 0 saturated carbocycles. The summed E-state index contributed by atoms with van der Waals surface area (Å²) >= 11 is 0. The molecule has 0 unspecified atom stereocenters. The third kappa shape index (κ3) is 2.57. The molecule has 2 rings (SSSR count). The van der Waals surface area contributed by atoms with Gasteiger partial charge in [0.2, 0.25) is 5.91 Å². The molecule has 2 heterocycles. The molecule has 2 saturated heterocycles. The van der Waals surface area contributed by atoms with Gasteiger partial charge in [-0.25, -0.2) is 0 Å². The third-order valence-corrected chi connectivity index (χ3v) is 4.06. The Balaban J connectivity index is 1.99. The van der Waals surface area contributed by atoms with Crippen molar-refractivity contribution in [2.45, 2.75) is 45.6 Å². The summed E-state index contributed by atoms with van der Waals surface area (Å²) in [4.78, 5) is 16.5. The van der Waals surface area contributed by atoms with E-state index in [9.17, 15) is 4.79 Å². The predicted octanol–water partition coefficient (Wildman–Crippen LogP) is 1.73. The maximum Gasteiger partial charge on any atom is 0.222 e. The molecule has 0 N–H and O–H groups in total. The highest BCUT2D eigenvalue weighted by Crippen LogP contribution is 2.32. The van der Waals surface area contributed by atoms with Crippen LogP contribution in [0.2, 0.25) is 0 Å². The van der Waals surface area contributed by atoms with E-state index in [4.69, 9.17) is 0 Å². The van der Waals surface area contributed by atoms with Crippen LogP contribution in [0.25, 0.3) is 0 Å². The Kier molecular flexibility index (Phi) is 3.24. The van der Waals surface area contributed by atoms with E-state index in [1.54, 1.807) is 0 Å². The third-order valence-electron chi connectivity index (χ3n) is 4.06. The topological polar surface area (TPSA) is 23.6 Å². The SMILES string of the molecule is CN1CCC(N2CC(C)(C)CCC2=O)CC1. The first-order chi connectivity index (χ1) is 7.48. The summed E-state index contributed by atoms with van der Waals surface area (Å²) in [6.45, 7) is 7.78. The molecule has 2 aliphatic heterocycles. The van der Waals surface area contributed by atoms with Crippen LogP contribution in [-0.4, -0.2) is 48.4 Å². The zero-order chi connectivity index (χ0) is 11.8. The van der Waals surface area contributed by atoms with Crippen LogP contribution in [0.3, 0.4) is 0 Å². The van der Waals surface area contributed by atoms with E-state index < -0.39 is 0 Å². The number of hydrogen-bond donors (Lipinski definition) is 0. The van der Waals surface area contributed by atoms with Crippen LogP contribution in [0.4, 0.5) is 0 Å². The fraction of sp³-hybridized carbons (Fsp3) is 0.923. The first-order valence-corrected chi connectivity index (χ1v) is 6.46. The number of rotatable bonds is 1. The molecule has 0 atom stereocenters. The number of carbonyl (C=O) groups excluding carboxylic acids is 1. The fourth-order valence-electron chi connectivity index (χ4n) is 2.86. The highest BCUT2D eigenvalue weighted by molar-refractivity contribution is 5.77. The zero-order valence-corrected chi connectivity index (χ0v) is 10.8. The van der Waals surface area contributed by atoms with Crippen LogP contribution < -0.4 is 0 Å². The summed E-state index contributed by atoms with van der Waals surface area (Å²) in [6, 6.07) is 0.503. The second-order valence-electron chi connectivity index (χ2n) is 6.22. The second kappa shape index (κ2) is 4.36. The van der Waals surface area contributed by atoms with E-state index in [-0.39, 0.29) is 0 Å². The van der Waals surface area contributed by atoms with Gasteiger partial charge in [-0.05, 0) is 44.8 Å². The van der Waals surface area contributed by atoms with E-state index in [0.717, 1.165) is 45.3 Å². The molecule has 0 radical (unpaired) electrons. The van der Waals surface area contributed by atoms with Crippen LogP contribution in [0.15, 0.2) is 0 Å². The summed E-state index contributed by atoms with van der Waals surface area (Å²) in [5.41, 5.74) is 0.317. The first-order valence-electron chi connectivity index (χ1n) is 6.46. The van der Waals surface area contributed by atoms with Crippen molar-refractivity contribution in [1.82, 2.24) is 9.80 Å². The molecule has 0 aliphatic carbocycles. The molecule has 3 heteroatoms. The highest BCUT2D eigenvalue weighted by atomic mass is 16.2. The van der Waals surface area contributed by atoms with Gasteiger partial charge in [0, 0.05) is 19.0 Å². The summed E-state index contributed by atoms with van der Waals surface area (Å²) in [7, 11) is 2.16. The Hall–Kier alpha value is -0.570. The Labute approximate surface area is 98.8 Å². The van der Waals surface area contributed by atoms with Crippen LogP contribution in [0, 0.1) is 5.41 Å². The molecule has 1 amide bonds. The quantitative estimate of drug-likeness (QED) is 0.677. The van der Waals surface area contributed by atoms with E-state index in [1.165, 1.54) is 0 Å². The predicted molar refractivity (Wildman–Crippen MR) is 65.2 cm³/mol. The molecule has 0 spiro atoms. The van der Waals surface area contributed by atoms with Crippen molar-refractivity contribution in [1.29, 1.82) is 0 Å². The smallest absolute Gasteiger partial charge is 0.222 e. The minimum atomic E-state index is 0.317. The Morgan fingerprint density at radius 1 is 1.25 bits per heavy atom. The van der Waals surface area contributed by atoms with Gasteiger partial charge in [0.05, 0.1) is 0 Å². The van der Waals surface area contributed by atoms with Crippen molar-refractivity contribution in [3.8, 4) is 0 Å². The number of hydrogen-bond acceptors (Lipinski definition) is 2. The molecule has 0 aromatic heterocycles. The average molecular weight is 224 g/mol. The van der Waals surface area contributed by atoms with E-state index >= 15 is 0 Å². The molecule has 3 nitrogen and oxygen atoms in total. The average Bonchev–Trinajstić information content (AvgIpc) is 2.23. The fourth-order valence-corrected chi connectivity index (χ4v) is 2.86. The molecular weight excluding hydrogens is 200 g/mol. The molecule has 2 aliphatic rings. The van der Waals surface area contributed by atoms with Gasteiger partial charge in [-0.2, -0.15) is 0 Å². The molecule has 2 fully saturated rings. The van der Waals surface area contributed by atoms with Gasteiger partial charge < -0.3 is 9.80 Å². The maximum absolute atomic E-state index is 12.0. The molecule has 92 valence electrons. The molecule has 0 aromatic rings. The monoisotopic (exact) mass is 224 g/mol. The van der Waals surface area contributed by atoms with Gasteiger partial charge in [-0.15, -0.1) is 0 Å². The summed E-state index contributed by atoms with van der Waals surface area (Å²) < 4.78 is 0. The maximum atomic E-state index is 12.0. The lowest BCUT2D eigenvalue weighted by Crippen LogP contribution is -2.52. The largest absolute Gasteiger partial charge is 0.339 e. The minimum Gasteiger partial charge on any atom is -0.339 e. The Bertz CT molecular complexity index is 267. The van der Waals surface area contributed by atoms with E-state index in [1.807, 2.05) is 0 Å². The van der Waals surface area contributed by atoms with Gasteiger partial charge in [0.1, 0.15) is 0 Å². The van der Waals surface area contributed by atoms with Crippen LogP contribution in [0.1, 0.15) is 39.5 Å². The highest BCUT2D eigenvalue weighted by Gasteiger charge is 2.35. The summed E-state index contributed by atoms with van der Waals surface area (Å²) in [5.74, 6) is 0.383. The standard InChI is InChI=1S/C13H24N2O/c1-13(2)7-4-12(16)15(10-13)11-5-8-14(3)9-6-11/h11H,4-10H2,1-3H3. The Morgan fingerprint density at radius 2 is 1.88 bits per heavy atom. The van der Waals surface area contributed by atoms with Gasteiger partial charge in [0.15, 0.2) is 0 Å². The van der Waals surface area contributed by atoms with Crippen molar-refractivity contribution in [2.24, 2.45) is 5.41 Å². The van der Waals surface area contributed by atoms with Gasteiger partial charge in [-0.1, -0.05) is 13.8 Å². The van der Waals surface area contributed by atoms with Crippen molar-refractivity contribution < 1.29 is 4.79 Å². The molecular formula is C13H24N2O. The molecule has 16 heavy (non-hydrogen) atoms. The molecule has 0 aromatic carbocycles. The lowest BCUT2D eigenvalue weighted by molar-refractivity contribution is -0.140. The van der Waals surface area contributed by atoms with Crippen LogP contribution >= 0.6 is 0 Å². The van der Waals surface area contributed by atoms with Gasteiger partial charge in [0.25, 0.3) is 0 Å². The van der Waals surface area contributed by atoms with Crippen LogP contribution in [0.5, 0.6) is 0 Å². The number of carbonyl (C=O) groups is 1. The number of piperidine rings is 2. The van der Waals surface area contributed by atoms with Gasteiger partial charge in [-0.3, -0.25) is 4.79 Å². The lowest BCUT2D eigenvalue weighted by Gasteiger charge is -2.44. The zero-order valence-electron chi connectivity index (χ0n) is 10.8. The van der Waals surface area contributed by atoms with E-state index in [2.05, 4.69) is 30.7 Å². The van der Waals surface area contributed by atoms with Gasteiger partial charge >= 0.3 is 0 Å². The van der Waals surface area contributed by atoms with Crippen molar-refractivity contribution in [3.63, 3.8) is 0 Å². The number of nitrogens with zero attached hydrogens (tertiary/aromatic N) is 2. The number of likely N-dealkylation sites (tertiary alicyclic amines) is 2. The van der Waals surface area contributed by atoms with Crippen molar-refractivity contribution in [3.05, 3.63) is 0 Å². The second-order valence-corrected chi connectivity index (χ2v) is 6.22. The summed E-state index contributed by atoms with van der Waals surface area (Å²) in [5, 5.41) is 0. The number of amides is 1. The molecule has 0 bridgehead atoms. The van der Waals surface area contributed by atoms with Crippen molar-refractivity contribution >= 4 is 5.91 Å². The Morgan fingerprint density at radius 3 is 2.50 bits per heavy atom. The minimum absolute atomic E-state index is 0.317. The first kappa shape index (κ1) is 11.9.